The van der Waals surface area contributed by atoms with Crippen molar-refractivity contribution in [3.8, 4) is 5.75 Å². The lowest BCUT2D eigenvalue weighted by molar-refractivity contribution is 0.247. The number of nitrogens with zero attached hydrogens (tertiary/aromatic N) is 3. The van der Waals surface area contributed by atoms with Gasteiger partial charge in [0.05, 0.1) is 6.61 Å². The van der Waals surface area contributed by atoms with Crippen LogP contribution in [0.4, 0.5) is 5.82 Å². The molecule has 0 spiro atoms. The Labute approximate surface area is 173 Å². The highest BCUT2D eigenvalue weighted by Gasteiger charge is 2.07. The van der Waals surface area contributed by atoms with Crippen LogP contribution in [-0.2, 0) is 14.1 Å². The molecule has 148 valence electrons. The molecular formula is C19H27IN4O3. The lowest BCUT2D eigenvalue weighted by Gasteiger charge is -2.21. The fourth-order valence-electron chi connectivity index (χ4n) is 2.68. The first kappa shape index (κ1) is 21.5. The third kappa shape index (κ3) is 6.39. The largest absolute Gasteiger partial charge is 0.494 e. The number of hydrogen-bond acceptors (Lipinski definition) is 5. The van der Waals surface area contributed by atoms with Crippen molar-refractivity contribution in [1.82, 2.24) is 14.0 Å². The van der Waals surface area contributed by atoms with Crippen molar-refractivity contribution in [3.63, 3.8) is 0 Å². The molecule has 2 rings (SSSR count). The summed E-state index contributed by atoms with van der Waals surface area (Å²) in [6.45, 7) is 6.14. The molecule has 0 radical (unpaired) electrons. The van der Waals surface area contributed by atoms with E-state index in [2.05, 4.69) is 39.7 Å². The highest BCUT2D eigenvalue weighted by atomic mass is 127. The summed E-state index contributed by atoms with van der Waals surface area (Å²) in [7, 11) is 3.13. The number of hydrogen-bond donors (Lipinski definition) is 1. The molecule has 1 heterocycles. The van der Waals surface area contributed by atoms with Crippen LogP contribution < -0.4 is 21.3 Å². The van der Waals surface area contributed by atoms with E-state index in [-0.39, 0.29) is 11.2 Å². The van der Waals surface area contributed by atoms with E-state index in [9.17, 15) is 9.59 Å². The lowest BCUT2D eigenvalue weighted by Crippen LogP contribution is -2.38. The summed E-state index contributed by atoms with van der Waals surface area (Å²) < 4.78 is 9.50. The molecule has 0 amide bonds. The zero-order valence-corrected chi connectivity index (χ0v) is 18.2. The van der Waals surface area contributed by atoms with Gasteiger partial charge in [-0.15, -0.1) is 0 Å². The Morgan fingerprint density at radius 2 is 1.81 bits per heavy atom. The molecule has 0 bridgehead atoms. The van der Waals surface area contributed by atoms with Gasteiger partial charge in [-0.1, -0.05) is 6.92 Å². The topological polar surface area (TPSA) is 68.5 Å². The minimum absolute atomic E-state index is 0.305. The molecular weight excluding hydrogens is 459 g/mol. The van der Waals surface area contributed by atoms with E-state index in [4.69, 9.17) is 4.74 Å². The first-order chi connectivity index (χ1) is 12.9. The maximum absolute atomic E-state index is 11.9. The molecule has 1 N–H and O–H groups in total. The third-order valence-electron chi connectivity index (χ3n) is 4.41. The molecule has 0 saturated carbocycles. The fourth-order valence-corrected chi connectivity index (χ4v) is 3.04. The van der Waals surface area contributed by atoms with E-state index in [1.165, 1.54) is 21.3 Å². The number of ether oxygens (including phenoxy) is 1. The van der Waals surface area contributed by atoms with Crippen LogP contribution in [0.25, 0.3) is 0 Å². The molecule has 0 atom stereocenters. The second kappa shape index (κ2) is 10.5. The van der Waals surface area contributed by atoms with Gasteiger partial charge in [0.2, 0.25) is 0 Å². The monoisotopic (exact) mass is 486 g/mol. The molecule has 7 nitrogen and oxygen atoms in total. The molecule has 0 aliphatic carbocycles. The van der Waals surface area contributed by atoms with Crippen LogP contribution >= 0.6 is 22.6 Å². The van der Waals surface area contributed by atoms with Gasteiger partial charge in [-0.3, -0.25) is 13.9 Å². The molecule has 0 unspecified atom stereocenters. The first-order valence-corrected chi connectivity index (χ1v) is 10.1. The van der Waals surface area contributed by atoms with Gasteiger partial charge in [-0.2, -0.15) is 0 Å². The van der Waals surface area contributed by atoms with Gasteiger partial charge in [0.25, 0.3) is 5.56 Å². The smallest absolute Gasteiger partial charge is 0.332 e. The summed E-state index contributed by atoms with van der Waals surface area (Å²) in [4.78, 5) is 26.0. The Hall–Kier alpha value is -1.81. The Kier molecular flexibility index (Phi) is 8.36. The second-order valence-electron chi connectivity index (χ2n) is 6.29. The van der Waals surface area contributed by atoms with Crippen molar-refractivity contribution in [2.45, 2.75) is 13.3 Å². The Balaban J connectivity index is 1.75. The van der Waals surface area contributed by atoms with Crippen LogP contribution in [0.15, 0.2) is 39.9 Å². The standard InChI is InChI=1S/C19H27IN4O3/c1-4-24(11-5-13-27-16-8-6-15(20)7-9-16)12-10-21-17-14-18(25)23(3)19(26)22(17)2/h6-9,14,21H,4-5,10-13H2,1-3H3. The van der Waals surface area contributed by atoms with Gasteiger partial charge >= 0.3 is 5.69 Å². The highest BCUT2D eigenvalue weighted by molar-refractivity contribution is 14.1. The van der Waals surface area contributed by atoms with Gasteiger partial charge in [0.1, 0.15) is 11.6 Å². The average Bonchev–Trinajstić information content (AvgIpc) is 2.67. The molecule has 0 aliphatic heterocycles. The van der Waals surface area contributed by atoms with Crippen LogP contribution in [0.3, 0.4) is 0 Å². The van der Waals surface area contributed by atoms with Crippen LogP contribution in [0, 0.1) is 3.57 Å². The summed E-state index contributed by atoms with van der Waals surface area (Å²) in [6, 6.07) is 9.48. The number of nitrogens with one attached hydrogen (secondary N) is 1. The Morgan fingerprint density at radius 3 is 2.48 bits per heavy atom. The zero-order valence-electron chi connectivity index (χ0n) is 16.1. The van der Waals surface area contributed by atoms with E-state index in [0.29, 0.717) is 19.0 Å². The summed E-state index contributed by atoms with van der Waals surface area (Å²) >= 11 is 2.27. The summed E-state index contributed by atoms with van der Waals surface area (Å²) in [5, 5.41) is 3.18. The SMILES string of the molecule is CCN(CCCOc1ccc(I)cc1)CCNc1cc(=O)n(C)c(=O)n1C. The van der Waals surface area contributed by atoms with E-state index < -0.39 is 0 Å². The number of benzene rings is 1. The number of likely N-dealkylation sites (N-methyl/N-ethyl adjacent to an activating group) is 1. The van der Waals surface area contributed by atoms with Gasteiger partial charge in [0, 0.05) is 43.4 Å². The van der Waals surface area contributed by atoms with Crippen molar-refractivity contribution in [1.29, 1.82) is 0 Å². The van der Waals surface area contributed by atoms with Crippen LogP contribution in [-0.4, -0.2) is 46.8 Å². The summed E-state index contributed by atoms with van der Waals surface area (Å²) in [5.41, 5.74) is -0.634. The maximum atomic E-state index is 11.9. The molecule has 1 aromatic carbocycles. The number of anilines is 1. The predicted octanol–water partition coefficient (Wildman–Crippen LogP) is 1.89. The minimum Gasteiger partial charge on any atom is -0.494 e. The summed E-state index contributed by atoms with van der Waals surface area (Å²) in [6.07, 6.45) is 0.935. The second-order valence-corrected chi connectivity index (χ2v) is 7.53. The van der Waals surface area contributed by atoms with E-state index in [1.54, 1.807) is 7.05 Å². The number of rotatable bonds is 10. The molecule has 1 aromatic heterocycles. The van der Waals surface area contributed by atoms with Gasteiger partial charge < -0.3 is 15.0 Å². The highest BCUT2D eigenvalue weighted by Crippen LogP contribution is 2.13. The van der Waals surface area contributed by atoms with Gasteiger partial charge in [0.15, 0.2) is 0 Å². The van der Waals surface area contributed by atoms with E-state index in [0.717, 1.165) is 36.4 Å². The van der Waals surface area contributed by atoms with Crippen molar-refractivity contribution in [2.24, 2.45) is 14.1 Å². The number of aromatic nitrogens is 2. The number of halogens is 1. The molecule has 0 fully saturated rings. The normalized spacial score (nSPS) is 11.0. The zero-order chi connectivity index (χ0) is 19.8. The van der Waals surface area contributed by atoms with Gasteiger partial charge in [-0.05, 0) is 59.8 Å². The van der Waals surface area contributed by atoms with Crippen LogP contribution in [0.1, 0.15) is 13.3 Å². The maximum Gasteiger partial charge on any atom is 0.332 e. The molecule has 27 heavy (non-hydrogen) atoms. The fraction of sp³-hybridized carbons (Fsp3) is 0.474. The molecule has 0 saturated heterocycles. The van der Waals surface area contributed by atoms with Crippen LogP contribution in [0.2, 0.25) is 0 Å². The van der Waals surface area contributed by atoms with Crippen molar-refractivity contribution in [2.75, 3.05) is 38.1 Å². The lowest BCUT2D eigenvalue weighted by atomic mass is 10.3. The summed E-state index contributed by atoms with van der Waals surface area (Å²) in [5.74, 6) is 1.44. The Bertz CT molecular complexity index is 846. The third-order valence-corrected chi connectivity index (χ3v) is 5.13. The average molecular weight is 486 g/mol. The Morgan fingerprint density at radius 1 is 1.11 bits per heavy atom. The first-order valence-electron chi connectivity index (χ1n) is 9.04. The minimum atomic E-state index is -0.329. The van der Waals surface area contributed by atoms with Gasteiger partial charge in [-0.25, -0.2) is 4.79 Å². The molecule has 8 heteroatoms. The van der Waals surface area contributed by atoms with Crippen molar-refractivity contribution in [3.05, 3.63) is 54.7 Å². The van der Waals surface area contributed by atoms with E-state index >= 15 is 0 Å². The van der Waals surface area contributed by atoms with Crippen molar-refractivity contribution < 1.29 is 4.74 Å². The van der Waals surface area contributed by atoms with Crippen molar-refractivity contribution >= 4 is 28.4 Å². The van der Waals surface area contributed by atoms with E-state index in [1.807, 2.05) is 24.3 Å². The predicted molar refractivity (Wildman–Crippen MR) is 117 cm³/mol. The van der Waals surface area contributed by atoms with Crippen LogP contribution in [0.5, 0.6) is 5.75 Å². The molecule has 2 aromatic rings. The quantitative estimate of drug-likeness (QED) is 0.411. The molecule has 0 aliphatic rings.